The minimum Gasteiger partial charge on any atom is -0.345 e. The molecule has 0 aliphatic rings. The standard InChI is InChI=1S/C17H19NO/c1-18(14-19)17(12-15-8-4-2-5-9-15)13-16-10-6-3-7-11-16/h2-11,14,17H,12-13H2,1H3. The quantitative estimate of drug-likeness (QED) is 0.725. The Labute approximate surface area is 114 Å². The summed E-state index contributed by atoms with van der Waals surface area (Å²) in [6, 6.07) is 20.8. The van der Waals surface area contributed by atoms with E-state index < -0.39 is 0 Å². The Hall–Kier alpha value is -2.09. The maximum absolute atomic E-state index is 11.1. The van der Waals surface area contributed by atoms with Gasteiger partial charge in [0.25, 0.3) is 0 Å². The van der Waals surface area contributed by atoms with Crippen LogP contribution in [0.3, 0.4) is 0 Å². The fourth-order valence-corrected chi connectivity index (χ4v) is 2.22. The van der Waals surface area contributed by atoms with E-state index in [0.29, 0.717) is 0 Å². The third kappa shape index (κ3) is 3.95. The second-order valence-corrected chi connectivity index (χ2v) is 4.80. The van der Waals surface area contributed by atoms with Crippen molar-refractivity contribution in [1.82, 2.24) is 4.90 Å². The summed E-state index contributed by atoms with van der Waals surface area (Å²) in [7, 11) is 1.85. The van der Waals surface area contributed by atoms with Crippen molar-refractivity contribution in [3.05, 3.63) is 71.8 Å². The normalized spacial score (nSPS) is 10.4. The smallest absolute Gasteiger partial charge is 0.209 e. The minimum atomic E-state index is 0.197. The van der Waals surface area contributed by atoms with Crippen LogP contribution in [0.1, 0.15) is 11.1 Å². The third-order valence-corrected chi connectivity index (χ3v) is 3.37. The van der Waals surface area contributed by atoms with Gasteiger partial charge in [-0.3, -0.25) is 4.79 Å². The van der Waals surface area contributed by atoms with Gasteiger partial charge in [0.05, 0.1) is 0 Å². The van der Waals surface area contributed by atoms with Gasteiger partial charge in [0, 0.05) is 13.1 Å². The molecule has 2 aromatic carbocycles. The maximum Gasteiger partial charge on any atom is 0.209 e. The number of rotatable bonds is 6. The second-order valence-electron chi connectivity index (χ2n) is 4.80. The SMILES string of the molecule is CN(C=O)C(Cc1ccccc1)Cc1ccccc1. The van der Waals surface area contributed by atoms with Gasteiger partial charge in [0.1, 0.15) is 0 Å². The Morgan fingerprint density at radius 3 is 1.68 bits per heavy atom. The van der Waals surface area contributed by atoms with Crippen molar-refractivity contribution >= 4 is 6.41 Å². The number of amides is 1. The van der Waals surface area contributed by atoms with Crippen LogP contribution in [0, 0.1) is 0 Å². The summed E-state index contributed by atoms with van der Waals surface area (Å²) >= 11 is 0. The lowest BCUT2D eigenvalue weighted by atomic mass is 9.98. The highest BCUT2D eigenvalue weighted by molar-refractivity contribution is 5.47. The van der Waals surface area contributed by atoms with Crippen LogP contribution in [0.4, 0.5) is 0 Å². The van der Waals surface area contributed by atoms with Crippen molar-refractivity contribution < 1.29 is 4.79 Å². The molecule has 2 heteroatoms. The molecule has 0 N–H and O–H groups in total. The van der Waals surface area contributed by atoms with Gasteiger partial charge in [0.15, 0.2) is 0 Å². The van der Waals surface area contributed by atoms with E-state index in [9.17, 15) is 4.79 Å². The molecule has 2 rings (SSSR count). The molecule has 2 nitrogen and oxygen atoms in total. The van der Waals surface area contributed by atoms with Gasteiger partial charge in [-0.1, -0.05) is 60.7 Å². The zero-order valence-electron chi connectivity index (χ0n) is 11.2. The van der Waals surface area contributed by atoms with E-state index in [-0.39, 0.29) is 6.04 Å². The third-order valence-electron chi connectivity index (χ3n) is 3.37. The van der Waals surface area contributed by atoms with Gasteiger partial charge >= 0.3 is 0 Å². The van der Waals surface area contributed by atoms with E-state index in [4.69, 9.17) is 0 Å². The lowest BCUT2D eigenvalue weighted by molar-refractivity contribution is -0.118. The Kier molecular flexibility index (Phi) is 4.73. The zero-order chi connectivity index (χ0) is 13.5. The molecular formula is C17H19NO. The molecule has 0 bridgehead atoms. The molecule has 0 heterocycles. The Morgan fingerprint density at radius 1 is 0.895 bits per heavy atom. The van der Waals surface area contributed by atoms with Gasteiger partial charge in [-0.25, -0.2) is 0 Å². The summed E-state index contributed by atoms with van der Waals surface area (Å²) in [5.41, 5.74) is 2.52. The van der Waals surface area contributed by atoms with Crippen molar-refractivity contribution in [2.45, 2.75) is 18.9 Å². The first-order valence-electron chi connectivity index (χ1n) is 6.54. The average Bonchev–Trinajstić information content (AvgIpc) is 2.48. The predicted octanol–water partition coefficient (Wildman–Crippen LogP) is 2.93. The topological polar surface area (TPSA) is 20.3 Å². The van der Waals surface area contributed by atoms with Gasteiger partial charge in [-0.15, -0.1) is 0 Å². The summed E-state index contributed by atoms with van der Waals surface area (Å²) < 4.78 is 0. The average molecular weight is 253 g/mol. The summed E-state index contributed by atoms with van der Waals surface area (Å²) in [6.45, 7) is 0. The molecule has 0 aliphatic heterocycles. The number of likely N-dealkylation sites (N-methyl/N-ethyl adjacent to an activating group) is 1. The van der Waals surface area contributed by atoms with Crippen LogP contribution in [-0.2, 0) is 17.6 Å². The van der Waals surface area contributed by atoms with Crippen molar-refractivity contribution in [2.24, 2.45) is 0 Å². The summed E-state index contributed by atoms with van der Waals surface area (Å²) in [6.07, 6.45) is 2.67. The number of carbonyl (C=O) groups excluding carboxylic acids is 1. The molecule has 0 fully saturated rings. The molecule has 2 aromatic rings. The van der Waals surface area contributed by atoms with E-state index in [0.717, 1.165) is 19.3 Å². The van der Waals surface area contributed by atoms with Gasteiger partial charge in [-0.2, -0.15) is 0 Å². The van der Waals surface area contributed by atoms with Crippen molar-refractivity contribution in [1.29, 1.82) is 0 Å². The van der Waals surface area contributed by atoms with Crippen LogP contribution in [0.5, 0.6) is 0 Å². The molecule has 0 atom stereocenters. The molecule has 0 aliphatic carbocycles. The highest BCUT2D eigenvalue weighted by atomic mass is 16.1. The summed E-state index contributed by atoms with van der Waals surface area (Å²) in [4.78, 5) is 12.8. The number of hydrogen-bond acceptors (Lipinski definition) is 1. The number of benzene rings is 2. The van der Waals surface area contributed by atoms with E-state index in [1.54, 1.807) is 4.90 Å². The van der Waals surface area contributed by atoms with Crippen LogP contribution in [-0.4, -0.2) is 24.4 Å². The summed E-state index contributed by atoms with van der Waals surface area (Å²) in [5, 5.41) is 0. The van der Waals surface area contributed by atoms with Gasteiger partial charge in [0.2, 0.25) is 6.41 Å². The van der Waals surface area contributed by atoms with Crippen molar-refractivity contribution in [3.8, 4) is 0 Å². The highest BCUT2D eigenvalue weighted by Crippen LogP contribution is 2.12. The van der Waals surface area contributed by atoms with Crippen LogP contribution in [0.15, 0.2) is 60.7 Å². The van der Waals surface area contributed by atoms with Gasteiger partial charge < -0.3 is 4.90 Å². The van der Waals surface area contributed by atoms with Crippen LogP contribution >= 0.6 is 0 Å². The largest absolute Gasteiger partial charge is 0.345 e. The Balaban J connectivity index is 2.10. The fourth-order valence-electron chi connectivity index (χ4n) is 2.22. The van der Waals surface area contributed by atoms with E-state index in [2.05, 4.69) is 24.3 Å². The molecule has 0 aromatic heterocycles. The highest BCUT2D eigenvalue weighted by Gasteiger charge is 2.14. The number of carbonyl (C=O) groups is 1. The number of hydrogen-bond donors (Lipinski definition) is 0. The zero-order valence-corrected chi connectivity index (χ0v) is 11.2. The summed E-state index contributed by atoms with van der Waals surface area (Å²) in [5.74, 6) is 0. The molecule has 98 valence electrons. The maximum atomic E-state index is 11.1. The molecule has 19 heavy (non-hydrogen) atoms. The first kappa shape index (κ1) is 13.3. The van der Waals surface area contributed by atoms with E-state index in [1.165, 1.54) is 11.1 Å². The first-order chi connectivity index (χ1) is 9.29. The fraction of sp³-hybridized carbons (Fsp3) is 0.235. The predicted molar refractivity (Wildman–Crippen MR) is 77.9 cm³/mol. The molecular weight excluding hydrogens is 234 g/mol. The Bertz CT molecular complexity index is 454. The van der Waals surface area contributed by atoms with Crippen molar-refractivity contribution in [2.75, 3.05) is 7.05 Å². The molecule has 1 amide bonds. The number of nitrogens with zero attached hydrogens (tertiary/aromatic N) is 1. The molecule has 0 radical (unpaired) electrons. The Morgan fingerprint density at radius 2 is 1.32 bits per heavy atom. The molecule has 0 unspecified atom stereocenters. The van der Waals surface area contributed by atoms with Crippen LogP contribution in [0.25, 0.3) is 0 Å². The van der Waals surface area contributed by atoms with Crippen LogP contribution in [0.2, 0.25) is 0 Å². The lowest BCUT2D eigenvalue weighted by Crippen LogP contribution is -2.34. The first-order valence-corrected chi connectivity index (χ1v) is 6.54. The minimum absolute atomic E-state index is 0.197. The lowest BCUT2D eigenvalue weighted by Gasteiger charge is -2.25. The van der Waals surface area contributed by atoms with Crippen LogP contribution < -0.4 is 0 Å². The van der Waals surface area contributed by atoms with E-state index in [1.807, 2.05) is 43.4 Å². The molecule has 0 saturated heterocycles. The molecule has 0 spiro atoms. The second kappa shape index (κ2) is 6.74. The monoisotopic (exact) mass is 253 g/mol. The molecule has 0 saturated carbocycles. The van der Waals surface area contributed by atoms with E-state index >= 15 is 0 Å². The van der Waals surface area contributed by atoms with Crippen molar-refractivity contribution in [3.63, 3.8) is 0 Å². The van der Waals surface area contributed by atoms with Gasteiger partial charge in [-0.05, 0) is 24.0 Å².